The number of hydrogen-bond donors (Lipinski definition) is 3. The van der Waals surface area contributed by atoms with Crippen molar-refractivity contribution in [3.8, 4) is 0 Å². The highest BCUT2D eigenvalue weighted by molar-refractivity contribution is 6.30. The second-order valence-electron chi connectivity index (χ2n) is 14.4. The van der Waals surface area contributed by atoms with E-state index >= 15 is 0 Å². The molecule has 51 heavy (non-hydrogen) atoms. The zero-order chi connectivity index (χ0) is 36.2. The minimum atomic E-state index is -1.08. The van der Waals surface area contributed by atoms with E-state index < -0.39 is 23.9 Å². The number of nitrogens with one attached hydrogen (secondary N) is 3. The molecule has 4 aromatic rings. The summed E-state index contributed by atoms with van der Waals surface area (Å²) in [6, 6.07) is 30.5. The fourth-order valence-electron chi connectivity index (χ4n) is 6.30. The van der Waals surface area contributed by atoms with Crippen LogP contribution in [0.5, 0.6) is 0 Å². The summed E-state index contributed by atoms with van der Waals surface area (Å²) in [7, 11) is 0. The number of amides is 2. The van der Waals surface area contributed by atoms with Gasteiger partial charge in [0.25, 0.3) is 5.91 Å². The van der Waals surface area contributed by atoms with Crippen molar-refractivity contribution in [3.63, 3.8) is 0 Å². The highest BCUT2D eigenvalue weighted by Gasteiger charge is 2.39. The summed E-state index contributed by atoms with van der Waals surface area (Å²) < 4.78 is 20.9. The predicted molar refractivity (Wildman–Crippen MR) is 203 cm³/mol. The highest BCUT2D eigenvalue weighted by atomic mass is 35.5. The number of rotatable bonds is 16. The molecule has 0 saturated carbocycles. The molecule has 0 spiro atoms. The Bertz CT molecular complexity index is 1750. The first-order valence-electron chi connectivity index (χ1n) is 17.9. The lowest BCUT2D eigenvalue weighted by Crippen LogP contribution is -2.45. The van der Waals surface area contributed by atoms with Crippen LogP contribution in [-0.2, 0) is 33.8 Å². The molecule has 1 aliphatic rings. The van der Waals surface area contributed by atoms with Crippen molar-refractivity contribution in [2.24, 2.45) is 5.41 Å². The molecule has 0 bridgehead atoms. The SMILES string of the molecule is CC(C)(C)CN1C(=O)C(CC(=O)NCc2ccccc2F)OC(c2cccc(CNCCCNCCCc3ccccc3)c2)c2cc(Cl)ccc21. The summed E-state index contributed by atoms with van der Waals surface area (Å²) in [5, 5.41) is 10.4. The number of carbonyl (C=O) groups is 2. The number of aryl methyl sites for hydroxylation is 1. The van der Waals surface area contributed by atoms with Crippen molar-refractivity contribution in [2.75, 3.05) is 31.1 Å². The normalized spacial score (nSPS) is 16.1. The average Bonchev–Trinajstić information content (AvgIpc) is 3.21. The number of anilines is 1. The van der Waals surface area contributed by atoms with Crippen molar-refractivity contribution in [3.05, 3.63) is 136 Å². The Hall–Kier alpha value is -4.08. The van der Waals surface area contributed by atoms with E-state index in [1.807, 2.05) is 30.3 Å². The van der Waals surface area contributed by atoms with Crippen LogP contribution in [0.15, 0.2) is 97.1 Å². The fourth-order valence-corrected chi connectivity index (χ4v) is 6.48. The molecule has 7 nitrogen and oxygen atoms in total. The molecule has 2 unspecified atom stereocenters. The van der Waals surface area contributed by atoms with Crippen LogP contribution in [0.25, 0.3) is 0 Å². The van der Waals surface area contributed by atoms with Crippen LogP contribution in [-0.4, -0.2) is 44.1 Å². The first-order chi connectivity index (χ1) is 24.6. The Morgan fingerprint density at radius 3 is 2.35 bits per heavy atom. The van der Waals surface area contributed by atoms with E-state index in [0.29, 0.717) is 29.4 Å². The van der Waals surface area contributed by atoms with Gasteiger partial charge in [0.15, 0.2) is 0 Å². The van der Waals surface area contributed by atoms with Crippen LogP contribution >= 0.6 is 11.6 Å². The van der Waals surface area contributed by atoms with E-state index in [1.165, 1.54) is 11.6 Å². The molecule has 4 aromatic carbocycles. The van der Waals surface area contributed by atoms with E-state index in [2.05, 4.69) is 73.1 Å². The summed E-state index contributed by atoms with van der Waals surface area (Å²) in [5.74, 6) is -1.11. The van der Waals surface area contributed by atoms with E-state index in [9.17, 15) is 14.0 Å². The lowest BCUT2D eigenvalue weighted by Gasteiger charge is -2.31. The van der Waals surface area contributed by atoms with Crippen molar-refractivity contribution >= 4 is 29.1 Å². The van der Waals surface area contributed by atoms with Gasteiger partial charge in [0.2, 0.25) is 5.91 Å². The van der Waals surface area contributed by atoms with E-state index in [0.717, 1.165) is 55.6 Å². The van der Waals surface area contributed by atoms with Gasteiger partial charge in [-0.3, -0.25) is 9.59 Å². The Balaban J connectivity index is 1.26. The molecule has 0 saturated heterocycles. The molecule has 1 heterocycles. The van der Waals surface area contributed by atoms with Gasteiger partial charge in [-0.2, -0.15) is 0 Å². The zero-order valence-corrected chi connectivity index (χ0v) is 30.6. The van der Waals surface area contributed by atoms with E-state index in [1.54, 1.807) is 29.2 Å². The third-order valence-electron chi connectivity index (χ3n) is 8.79. The summed E-state index contributed by atoms with van der Waals surface area (Å²) in [6.07, 6.45) is 1.25. The second kappa shape index (κ2) is 18.4. The molecule has 0 aliphatic carbocycles. The average molecular weight is 713 g/mol. The minimum absolute atomic E-state index is 0.0107. The van der Waals surface area contributed by atoms with Gasteiger partial charge in [-0.05, 0) is 85.3 Å². The van der Waals surface area contributed by atoms with E-state index in [4.69, 9.17) is 16.3 Å². The molecule has 0 fully saturated rings. The molecule has 1 aliphatic heterocycles. The first kappa shape index (κ1) is 38.2. The van der Waals surface area contributed by atoms with Crippen LogP contribution in [0.1, 0.15) is 74.0 Å². The van der Waals surface area contributed by atoms with Gasteiger partial charge in [-0.25, -0.2) is 4.39 Å². The first-order valence-corrected chi connectivity index (χ1v) is 18.3. The Morgan fingerprint density at radius 2 is 1.57 bits per heavy atom. The predicted octanol–water partition coefficient (Wildman–Crippen LogP) is 7.76. The smallest absolute Gasteiger partial charge is 0.256 e. The maximum Gasteiger partial charge on any atom is 0.256 e. The summed E-state index contributed by atoms with van der Waals surface area (Å²) >= 11 is 6.56. The zero-order valence-electron chi connectivity index (χ0n) is 29.9. The monoisotopic (exact) mass is 712 g/mol. The molecule has 270 valence electrons. The molecule has 5 rings (SSSR count). The molecule has 9 heteroatoms. The quantitative estimate of drug-likeness (QED) is 0.104. The number of nitrogens with zero attached hydrogens (tertiary/aromatic N) is 1. The molecule has 0 aromatic heterocycles. The third-order valence-corrected chi connectivity index (χ3v) is 9.03. The van der Waals surface area contributed by atoms with Crippen LogP contribution in [0.4, 0.5) is 10.1 Å². The number of ether oxygens (including phenoxy) is 1. The Labute approximate surface area is 306 Å². The number of halogens is 2. The van der Waals surface area contributed by atoms with Gasteiger partial charge in [-0.1, -0.05) is 105 Å². The summed E-state index contributed by atoms with van der Waals surface area (Å²) in [5.41, 5.74) is 4.91. The highest BCUT2D eigenvalue weighted by Crippen LogP contribution is 2.41. The third kappa shape index (κ3) is 11.5. The second-order valence-corrected chi connectivity index (χ2v) is 14.8. The number of benzene rings is 4. The van der Waals surface area contributed by atoms with Crippen LogP contribution < -0.4 is 20.9 Å². The van der Waals surface area contributed by atoms with Gasteiger partial charge in [-0.15, -0.1) is 0 Å². The van der Waals surface area contributed by atoms with Crippen LogP contribution in [0.3, 0.4) is 0 Å². The van der Waals surface area contributed by atoms with Gasteiger partial charge < -0.3 is 25.6 Å². The minimum Gasteiger partial charge on any atom is -0.355 e. The van der Waals surface area contributed by atoms with Crippen LogP contribution in [0.2, 0.25) is 5.02 Å². The van der Waals surface area contributed by atoms with Crippen molar-refractivity contribution < 1.29 is 18.7 Å². The van der Waals surface area contributed by atoms with Crippen molar-refractivity contribution in [1.82, 2.24) is 16.0 Å². The molecule has 0 radical (unpaired) electrons. The fraction of sp³-hybridized carbons (Fsp3) is 0.381. The maximum absolute atomic E-state index is 14.2. The standard InChI is InChI=1S/C42H50ClFN4O3/c1-42(2,3)29-48-37-20-19-34(43)25-35(37)40(51-38(41(48)50)26-39(49)47-28-33-16-7-8-18-36(33)44)32-17-9-14-31(24-32)27-46-23-11-22-45-21-10-15-30-12-5-4-6-13-30/h4-9,12-14,16-20,24-25,38,40,45-46H,10-11,15,21-23,26-29H2,1-3H3,(H,47,49). The molecule has 2 atom stereocenters. The summed E-state index contributed by atoms with van der Waals surface area (Å²) in [6.45, 7) is 10.1. The molecular weight excluding hydrogens is 663 g/mol. The van der Waals surface area contributed by atoms with Gasteiger partial charge >= 0.3 is 0 Å². The van der Waals surface area contributed by atoms with Crippen LogP contribution in [0, 0.1) is 11.2 Å². The lowest BCUT2D eigenvalue weighted by atomic mass is 9.94. The van der Waals surface area contributed by atoms with Gasteiger partial charge in [0.05, 0.1) is 6.42 Å². The largest absolute Gasteiger partial charge is 0.355 e. The maximum atomic E-state index is 14.2. The molecule has 2 amide bonds. The Kier molecular flexibility index (Phi) is 13.8. The molecule has 3 N–H and O–H groups in total. The van der Waals surface area contributed by atoms with Crippen molar-refractivity contribution in [2.45, 2.75) is 71.8 Å². The van der Waals surface area contributed by atoms with Gasteiger partial charge in [0.1, 0.15) is 18.0 Å². The topological polar surface area (TPSA) is 82.7 Å². The lowest BCUT2D eigenvalue weighted by molar-refractivity contribution is -0.138. The van der Waals surface area contributed by atoms with Gasteiger partial charge in [0, 0.05) is 41.5 Å². The van der Waals surface area contributed by atoms with Crippen molar-refractivity contribution in [1.29, 1.82) is 0 Å². The Morgan fingerprint density at radius 1 is 0.843 bits per heavy atom. The number of hydrogen-bond acceptors (Lipinski definition) is 5. The molecular formula is C42H50ClFN4O3. The number of carbonyl (C=O) groups excluding carboxylic acids is 2. The van der Waals surface area contributed by atoms with E-state index in [-0.39, 0.29) is 24.3 Å². The number of fused-ring (bicyclic) bond motifs is 1. The summed E-state index contributed by atoms with van der Waals surface area (Å²) in [4.78, 5) is 29.2.